The van der Waals surface area contributed by atoms with Gasteiger partial charge in [-0.2, -0.15) is 5.10 Å². The molecule has 9 heteroatoms. The molecule has 0 aliphatic rings. The van der Waals surface area contributed by atoms with E-state index >= 15 is 0 Å². The molecule has 0 bridgehead atoms. The molecule has 1 aromatic carbocycles. The first kappa shape index (κ1) is 19.0. The fraction of sp³-hybridized carbons (Fsp3) is 0.211. The van der Waals surface area contributed by atoms with Crippen LogP contribution < -0.4 is 16.0 Å². The molecule has 0 spiro atoms. The zero-order chi connectivity index (χ0) is 19.9. The summed E-state index contributed by atoms with van der Waals surface area (Å²) < 4.78 is 1.48. The third-order valence-electron chi connectivity index (χ3n) is 3.75. The molecule has 0 radical (unpaired) electrons. The van der Waals surface area contributed by atoms with Crippen LogP contribution in [0.1, 0.15) is 29.8 Å². The van der Waals surface area contributed by atoms with Crippen molar-refractivity contribution in [2.24, 2.45) is 0 Å². The second kappa shape index (κ2) is 8.76. The highest BCUT2D eigenvalue weighted by atomic mass is 16.2. The Balaban J connectivity index is 1.56. The first-order valence-electron chi connectivity index (χ1n) is 8.77. The van der Waals surface area contributed by atoms with E-state index in [4.69, 9.17) is 0 Å². The highest BCUT2D eigenvalue weighted by Crippen LogP contribution is 2.10. The van der Waals surface area contributed by atoms with Crippen LogP contribution >= 0.6 is 0 Å². The van der Waals surface area contributed by atoms with E-state index in [-0.39, 0.29) is 18.0 Å². The SMILES string of the molecule is CC(C)NC(=O)Nc1ccc(CNC(=O)c2ccnc(-n3cncn3)c2)cc1. The summed E-state index contributed by atoms with van der Waals surface area (Å²) in [5, 5.41) is 12.4. The first-order chi connectivity index (χ1) is 13.5. The van der Waals surface area contributed by atoms with E-state index in [9.17, 15) is 9.59 Å². The van der Waals surface area contributed by atoms with Crippen molar-refractivity contribution in [3.63, 3.8) is 0 Å². The van der Waals surface area contributed by atoms with Crippen LogP contribution in [0.15, 0.2) is 55.2 Å². The smallest absolute Gasteiger partial charge is 0.319 e. The Morgan fingerprint density at radius 2 is 1.93 bits per heavy atom. The third-order valence-corrected chi connectivity index (χ3v) is 3.75. The van der Waals surface area contributed by atoms with Crippen molar-refractivity contribution < 1.29 is 9.59 Å². The number of carbonyl (C=O) groups excluding carboxylic acids is 2. The zero-order valence-corrected chi connectivity index (χ0v) is 15.6. The van der Waals surface area contributed by atoms with E-state index in [1.807, 2.05) is 26.0 Å². The molecule has 0 saturated heterocycles. The number of hydrogen-bond donors (Lipinski definition) is 3. The summed E-state index contributed by atoms with van der Waals surface area (Å²) >= 11 is 0. The predicted octanol–water partition coefficient (Wildman–Crippen LogP) is 2.12. The number of amides is 3. The van der Waals surface area contributed by atoms with Crippen LogP contribution in [0, 0.1) is 0 Å². The molecule has 0 aliphatic carbocycles. The number of carbonyl (C=O) groups is 2. The lowest BCUT2D eigenvalue weighted by Gasteiger charge is -2.11. The fourth-order valence-electron chi connectivity index (χ4n) is 2.43. The van der Waals surface area contributed by atoms with Gasteiger partial charge in [-0.15, -0.1) is 0 Å². The van der Waals surface area contributed by atoms with E-state index < -0.39 is 0 Å². The highest BCUT2D eigenvalue weighted by Gasteiger charge is 2.09. The van der Waals surface area contributed by atoms with Crippen molar-refractivity contribution in [1.29, 1.82) is 0 Å². The topological polar surface area (TPSA) is 114 Å². The maximum absolute atomic E-state index is 12.4. The van der Waals surface area contributed by atoms with Crippen LogP contribution in [0.2, 0.25) is 0 Å². The molecular weight excluding hydrogens is 358 g/mol. The Bertz CT molecular complexity index is 937. The van der Waals surface area contributed by atoms with Crippen LogP contribution in [0.5, 0.6) is 0 Å². The van der Waals surface area contributed by atoms with Crippen molar-refractivity contribution >= 4 is 17.6 Å². The number of hydrogen-bond acceptors (Lipinski definition) is 5. The lowest BCUT2D eigenvalue weighted by Crippen LogP contribution is -2.34. The second-order valence-corrected chi connectivity index (χ2v) is 6.38. The van der Waals surface area contributed by atoms with E-state index in [2.05, 4.69) is 31.0 Å². The Labute approximate surface area is 162 Å². The lowest BCUT2D eigenvalue weighted by atomic mass is 10.2. The van der Waals surface area contributed by atoms with Crippen LogP contribution in [-0.4, -0.2) is 37.7 Å². The summed E-state index contributed by atoms with van der Waals surface area (Å²) in [6.45, 7) is 4.14. The van der Waals surface area contributed by atoms with Crippen LogP contribution in [0.3, 0.4) is 0 Å². The van der Waals surface area contributed by atoms with Gasteiger partial charge in [0.05, 0.1) is 0 Å². The summed E-state index contributed by atoms with van der Waals surface area (Å²) in [5.41, 5.74) is 2.07. The van der Waals surface area contributed by atoms with Crippen molar-refractivity contribution in [2.45, 2.75) is 26.4 Å². The molecule has 3 rings (SSSR count). The van der Waals surface area contributed by atoms with E-state index in [0.29, 0.717) is 23.6 Å². The standard InChI is InChI=1S/C19H21N7O2/c1-13(2)24-19(28)25-16-5-3-14(4-6-16)10-22-18(27)15-7-8-21-17(9-15)26-12-20-11-23-26/h3-9,11-13H,10H2,1-2H3,(H,22,27)(H2,24,25,28). The van der Waals surface area contributed by atoms with Gasteiger partial charge in [0.15, 0.2) is 5.82 Å². The van der Waals surface area contributed by atoms with Crippen molar-refractivity contribution in [1.82, 2.24) is 30.4 Å². The van der Waals surface area contributed by atoms with E-state index in [0.717, 1.165) is 5.56 Å². The number of nitrogens with zero attached hydrogens (tertiary/aromatic N) is 4. The summed E-state index contributed by atoms with van der Waals surface area (Å²) in [7, 11) is 0. The minimum absolute atomic E-state index is 0.0627. The summed E-state index contributed by atoms with van der Waals surface area (Å²) in [4.78, 5) is 32.1. The largest absolute Gasteiger partial charge is 0.348 e. The van der Waals surface area contributed by atoms with Crippen molar-refractivity contribution in [3.8, 4) is 5.82 Å². The number of pyridine rings is 1. The molecule has 2 heterocycles. The average molecular weight is 379 g/mol. The predicted molar refractivity (Wildman–Crippen MR) is 104 cm³/mol. The van der Waals surface area contributed by atoms with Gasteiger partial charge in [0.25, 0.3) is 5.91 Å². The van der Waals surface area contributed by atoms with Gasteiger partial charge in [0, 0.05) is 30.0 Å². The summed E-state index contributed by atoms with van der Waals surface area (Å²) in [6.07, 6.45) is 4.47. The molecule has 28 heavy (non-hydrogen) atoms. The number of rotatable bonds is 6. The molecule has 3 N–H and O–H groups in total. The van der Waals surface area contributed by atoms with Gasteiger partial charge >= 0.3 is 6.03 Å². The molecule has 3 amide bonds. The quantitative estimate of drug-likeness (QED) is 0.607. The fourth-order valence-corrected chi connectivity index (χ4v) is 2.43. The molecule has 0 unspecified atom stereocenters. The van der Waals surface area contributed by atoms with Gasteiger partial charge in [0.2, 0.25) is 0 Å². The molecule has 0 fully saturated rings. The number of nitrogens with one attached hydrogen (secondary N) is 3. The molecule has 0 saturated carbocycles. The van der Waals surface area contributed by atoms with E-state index in [1.54, 1.807) is 30.5 Å². The average Bonchev–Trinajstić information content (AvgIpc) is 3.21. The van der Waals surface area contributed by atoms with Gasteiger partial charge in [-0.3, -0.25) is 4.79 Å². The third kappa shape index (κ3) is 5.13. The summed E-state index contributed by atoms with van der Waals surface area (Å²) in [5.74, 6) is 0.294. The van der Waals surface area contributed by atoms with Gasteiger partial charge in [0.1, 0.15) is 12.7 Å². The van der Waals surface area contributed by atoms with Crippen molar-refractivity contribution in [3.05, 3.63) is 66.4 Å². The molecule has 2 aromatic heterocycles. The Hall–Kier alpha value is -3.75. The number of anilines is 1. The Kier molecular flexibility index (Phi) is 5.95. The monoisotopic (exact) mass is 379 g/mol. The molecule has 0 aliphatic heterocycles. The van der Waals surface area contributed by atoms with Crippen LogP contribution in [0.25, 0.3) is 5.82 Å². The van der Waals surface area contributed by atoms with Crippen LogP contribution in [0.4, 0.5) is 10.5 Å². The van der Waals surface area contributed by atoms with Gasteiger partial charge in [-0.1, -0.05) is 12.1 Å². The lowest BCUT2D eigenvalue weighted by molar-refractivity contribution is 0.0950. The number of urea groups is 1. The maximum atomic E-state index is 12.4. The number of aromatic nitrogens is 4. The molecule has 3 aromatic rings. The number of benzene rings is 1. The minimum atomic E-state index is -0.253. The zero-order valence-electron chi connectivity index (χ0n) is 15.6. The Morgan fingerprint density at radius 3 is 2.61 bits per heavy atom. The molecule has 9 nitrogen and oxygen atoms in total. The maximum Gasteiger partial charge on any atom is 0.319 e. The summed E-state index contributed by atoms with van der Waals surface area (Å²) in [6, 6.07) is 10.4. The molecule has 0 atom stereocenters. The van der Waals surface area contributed by atoms with Gasteiger partial charge in [-0.05, 0) is 43.7 Å². The van der Waals surface area contributed by atoms with Gasteiger partial charge in [-0.25, -0.2) is 19.4 Å². The van der Waals surface area contributed by atoms with E-state index in [1.165, 1.54) is 17.3 Å². The molecular formula is C19H21N7O2. The Morgan fingerprint density at radius 1 is 1.14 bits per heavy atom. The van der Waals surface area contributed by atoms with Crippen LogP contribution in [-0.2, 0) is 6.54 Å². The second-order valence-electron chi connectivity index (χ2n) is 6.38. The normalized spacial score (nSPS) is 10.5. The van der Waals surface area contributed by atoms with Crippen molar-refractivity contribution in [2.75, 3.05) is 5.32 Å². The molecule has 144 valence electrons. The minimum Gasteiger partial charge on any atom is -0.348 e. The highest BCUT2D eigenvalue weighted by molar-refractivity contribution is 5.94. The first-order valence-corrected chi connectivity index (χ1v) is 8.77. The van der Waals surface area contributed by atoms with Gasteiger partial charge < -0.3 is 16.0 Å².